The highest BCUT2D eigenvalue weighted by Crippen LogP contribution is 2.23. The standard InChI is InChI=1S/C19H17NO7S/c1-3-25-18(21)14-9-15(19(22)26-4-2)11-16(10-14)27-28(23,24)17-7-5-13(12-20)6-8-17/h5-11H,3-4H2,1-2H3. The second-order valence-corrected chi connectivity index (χ2v) is 6.91. The number of nitrogens with zero attached hydrogens (tertiary/aromatic N) is 1. The molecule has 8 nitrogen and oxygen atoms in total. The van der Waals surface area contributed by atoms with E-state index >= 15 is 0 Å². The lowest BCUT2D eigenvalue weighted by atomic mass is 10.1. The molecule has 0 radical (unpaired) electrons. The molecule has 0 bridgehead atoms. The van der Waals surface area contributed by atoms with Crippen molar-refractivity contribution in [3.05, 3.63) is 59.2 Å². The minimum absolute atomic E-state index is 0.0579. The third-order valence-electron chi connectivity index (χ3n) is 3.41. The smallest absolute Gasteiger partial charge is 0.339 e. The number of esters is 2. The van der Waals surface area contributed by atoms with Crippen LogP contribution >= 0.6 is 0 Å². The van der Waals surface area contributed by atoms with E-state index in [1.807, 2.05) is 6.07 Å². The van der Waals surface area contributed by atoms with Crippen molar-refractivity contribution in [3.8, 4) is 11.8 Å². The first-order valence-electron chi connectivity index (χ1n) is 8.24. The van der Waals surface area contributed by atoms with Crippen molar-refractivity contribution in [2.45, 2.75) is 18.7 Å². The van der Waals surface area contributed by atoms with Crippen molar-refractivity contribution in [1.82, 2.24) is 0 Å². The van der Waals surface area contributed by atoms with Gasteiger partial charge < -0.3 is 13.7 Å². The molecule has 28 heavy (non-hydrogen) atoms. The molecule has 0 aliphatic carbocycles. The molecule has 0 unspecified atom stereocenters. The molecule has 0 spiro atoms. The molecular formula is C19H17NO7S. The summed E-state index contributed by atoms with van der Waals surface area (Å²) in [5.41, 5.74) is 0.169. The maximum absolute atomic E-state index is 12.5. The molecule has 0 aromatic heterocycles. The fraction of sp³-hybridized carbons (Fsp3) is 0.211. The number of hydrogen-bond donors (Lipinski definition) is 0. The first-order valence-corrected chi connectivity index (χ1v) is 9.65. The maximum Gasteiger partial charge on any atom is 0.339 e. The van der Waals surface area contributed by atoms with Crippen LogP contribution in [0.2, 0.25) is 0 Å². The van der Waals surface area contributed by atoms with Crippen LogP contribution in [0.4, 0.5) is 0 Å². The van der Waals surface area contributed by atoms with Crippen molar-refractivity contribution in [3.63, 3.8) is 0 Å². The highest BCUT2D eigenvalue weighted by Gasteiger charge is 2.21. The number of rotatable bonds is 7. The van der Waals surface area contributed by atoms with Crippen molar-refractivity contribution in [2.24, 2.45) is 0 Å². The Morgan fingerprint density at radius 1 is 0.929 bits per heavy atom. The molecule has 0 atom stereocenters. The number of ether oxygens (including phenoxy) is 2. The number of nitriles is 1. The lowest BCUT2D eigenvalue weighted by Gasteiger charge is -2.11. The molecule has 0 aliphatic rings. The number of carbonyl (C=O) groups is 2. The van der Waals surface area contributed by atoms with E-state index in [-0.39, 0.29) is 40.5 Å². The SMILES string of the molecule is CCOC(=O)c1cc(OS(=O)(=O)c2ccc(C#N)cc2)cc(C(=O)OCC)c1. The predicted molar refractivity (Wildman–Crippen MR) is 97.3 cm³/mol. The van der Waals surface area contributed by atoms with Crippen LogP contribution in [0.3, 0.4) is 0 Å². The third-order valence-corrected chi connectivity index (χ3v) is 4.67. The largest absolute Gasteiger partial charge is 0.462 e. The molecule has 0 saturated heterocycles. The van der Waals surface area contributed by atoms with Gasteiger partial charge in [-0.05, 0) is 56.3 Å². The van der Waals surface area contributed by atoms with Crippen LogP contribution in [0, 0.1) is 11.3 Å². The molecule has 0 heterocycles. The summed E-state index contributed by atoms with van der Waals surface area (Å²) in [6.07, 6.45) is 0. The number of benzene rings is 2. The van der Waals surface area contributed by atoms with E-state index in [9.17, 15) is 18.0 Å². The molecule has 2 rings (SSSR count). The van der Waals surface area contributed by atoms with Gasteiger partial charge in [-0.3, -0.25) is 0 Å². The fourth-order valence-corrected chi connectivity index (χ4v) is 3.10. The predicted octanol–water partition coefficient (Wildman–Crippen LogP) is 2.68. The summed E-state index contributed by atoms with van der Waals surface area (Å²) in [6, 6.07) is 10.5. The Morgan fingerprint density at radius 3 is 1.86 bits per heavy atom. The lowest BCUT2D eigenvalue weighted by Crippen LogP contribution is -2.13. The van der Waals surface area contributed by atoms with E-state index in [1.54, 1.807) is 13.8 Å². The summed E-state index contributed by atoms with van der Waals surface area (Å²) in [5, 5.41) is 8.80. The molecule has 0 saturated carbocycles. The molecule has 9 heteroatoms. The van der Waals surface area contributed by atoms with Crippen LogP contribution in [0.1, 0.15) is 40.1 Å². The van der Waals surface area contributed by atoms with E-state index in [4.69, 9.17) is 18.9 Å². The van der Waals surface area contributed by atoms with Gasteiger partial charge in [0, 0.05) is 0 Å². The molecular weight excluding hydrogens is 386 g/mol. The molecule has 146 valence electrons. The Balaban J connectivity index is 2.43. The second kappa shape index (κ2) is 9.01. The topological polar surface area (TPSA) is 120 Å². The van der Waals surface area contributed by atoms with Gasteiger partial charge in [0.1, 0.15) is 10.6 Å². The van der Waals surface area contributed by atoms with Crippen LogP contribution in [0.5, 0.6) is 5.75 Å². The molecule has 0 aliphatic heterocycles. The summed E-state index contributed by atoms with van der Waals surface area (Å²) >= 11 is 0. The van der Waals surface area contributed by atoms with Gasteiger partial charge in [-0.15, -0.1) is 0 Å². The van der Waals surface area contributed by atoms with E-state index in [0.29, 0.717) is 0 Å². The summed E-state index contributed by atoms with van der Waals surface area (Å²) in [7, 11) is -4.26. The van der Waals surface area contributed by atoms with Gasteiger partial charge in [-0.2, -0.15) is 13.7 Å². The molecule has 2 aromatic rings. The summed E-state index contributed by atoms with van der Waals surface area (Å²) in [4.78, 5) is 23.9. The fourth-order valence-electron chi connectivity index (χ4n) is 2.18. The highest BCUT2D eigenvalue weighted by molar-refractivity contribution is 7.87. The van der Waals surface area contributed by atoms with Gasteiger partial charge in [0.15, 0.2) is 0 Å². The van der Waals surface area contributed by atoms with Gasteiger partial charge in [0.05, 0.1) is 36.0 Å². The van der Waals surface area contributed by atoms with Gasteiger partial charge >= 0.3 is 22.1 Å². The highest BCUT2D eigenvalue weighted by atomic mass is 32.2. The van der Waals surface area contributed by atoms with Crippen LogP contribution in [-0.4, -0.2) is 33.6 Å². The lowest BCUT2D eigenvalue weighted by molar-refractivity contribution is 0.0524. The monoisotopic (exact) mass is 403 g/mol. The van der Waals surface area contributed by atoms with Crippen LogP contribution in [0.15, 0.2) is 47.4 Å². The molecule has 0 amide bonds. The second-order valence-electron chi connectivity index (χ2n) is 5.36. The number of hydrogen-bond acceptors (Lipinski definition) is 8. The summed E-state index contributed by atoms with van der Waals surface area (Å²) in [5.74, 6) is -1.73. The van der Waals surface area contributed by atoms with E-state index < -0.39 is 22.1 Å². The zero-order chi connectivity index (χ0) is 20.7. The van der Waals surface area contributed by atoms with Crippen LogP contribution in [0.25, 0.3) is 0 Å². The Morgan fingerprint density at radius 2 is 1.43 bits per heavy atom. The van der Waals surface area contributed by atoms with Crippen molar-refractivity contribution in [1.29, 1.82) is 5.26 Å². The summed E-state index contributed by atoms with van der Waals surface area (Å²) in [6.45, 7) is 3.42. The first kappa shape index (κ1) is 20.9. The Kier molecular flexibility index (Phi) is 6.74. The van der Waals surface area contributed by atoms with Gasteiger partial charge in [0.2, 0.25) is 0 Å². The van der Waals surface area contributed by atoms with Crippen molar-refractivity contribution >= 4 is 22.1 Å². The molecule has 0 N–H and O–H groups in total. The van der Waals surface area contributed by atoms with E-state index in [0.717, 1.165) is 12.1 Å². The van der Waals surface area contributed by atoms with E-state index in [2.05, 4.69) is 0 Å². The number of carbonyl (C=O) groups excluding carboxylic acids is 2. The third kappa shape index (κ3) is 5.08. The normalized spacial score (nSPS) is 10.6. The Hall–Kier alpha value is -3.38. The van der Waals surface area contributed by atoms with Gasteiger partial charge in [-0.1, -0.05) is 0 Å². The van der Waals surface area contributed by atoms with E-state index in [1.165, 1.54) is 30.3 Å². The first-order chi connectivity index (χ1) is 13.3. The van der Waals surface area contributed by atoms with Crippen molar-refractivity contribution < 1.29 is 31.7 Å². The minimum Gasteiger partial charge on any atom is -0.462 e. The minimum atomic E-state index is -4.26. The zero-order valence-electron chi connectivity index (χ0n) is 15.2. The Bertz CT molecular complexity index is 985. The van der Waals surface area contributed by atoms with Crippen LogP contribution in [-0.2, 0) is 19.6 Å². The van der Waals surface area contributed by atoms with Crippen LogP contribution < -0.4 is 4.18 Å². The van der Waals surface area contributed by atoms with Gasteiger partial charge in [0.25, 0.3) is 0 Å². The zero-order valence-corrected chi connectivity index (χ0v) is 16.0. The molecule has 2 aromatic carbocycles. The average Bonchev–Trinajstić information content (AvgIpc) is 2.67. The van der Waals surface area contributed by atoms with Gasteiger partial charge in [-0.25, -0.2) is 9.59 Å². The quantitative estimate of drug-likeness (QED) is 0.511. The maximum atomic E-state index is 12.5. The van der Waals surface area contributed by atoms with Crippen molar-refractivity contribution in [2.75, 3.05) is 13.2 Å². The Labute approximate surface area is 162 Å². The molecule has 0 fully saturated rings. The average molecular weight is 403 g/mol. The summed E-state index contributed by atoms with van der Waals surface area (Å²) < 4.78 is 39.8.